The van der Waals surface area contributed by atoms with E-state index in [1.165, 1.54) is 6.20 Å². The van der Waals surface area contributed by atoms with Gasteiger partial charge in [-0.15, -0.1) is 0 Å². The van der Waals surface area contributed by atoms with Crippen molar-refractivity contribution in [2.24, 2.45) is 0 Å². The van der Waals surface area contributed by atoms with E-state index in [2.05, 4.69) is 27.6 Å². The highest BCUT2D eigenvalue weighted by atomic mass is 127. The minimum Gasteiger partial charge on any atom is -0.439 e. The van der Waals surface area contributed by atoms with Crippen LogP contribution in [0.25, 0.3) is 0 Å². The van der Waals surface area contributed by atoms with Crippen molar-refractivity contribution in [3.8, 4) is 11.6 Å². The zero-order valence-electron chi connectivity index (χ0n) is 9.46. The van der Waals surface area contributed by atoms with Gasteiger partial charge in [0.2, 0.25) is 5.88 Å². The Hall–Kier alpha value is -1.70. The van der Waals surface area contributed by atoms with Gasteiger partial charge >= 0.3 is 0 Å². The molecule has 0 saturated heterocycles. The molecule has 1 heterocycles. The van der Waals surface area contributed by atoms with E-state index < -0.39 is 4.92 Å². The van der Waals surface area contributed by atoms with Crippen molar-refractivity contribution in [3.63, 3.8) is 0 Å². The molecule has 1 aromatic heterocycles. The number of hydrogen-bond donors (Lipinski definition) is 0. The lowest BCUT2D eigenvalue weighted by molar-refractivity contribution is -0.385. The first-order valence-electron chi connectivity index (χ1n) is 5.11. The summed E-state index contributed by atoms with van der Waals surface area (Å²) < 4.78 is 6.58. The Morgan fingerprint density at radius 3 is 2.78 bits per heavy atom. The highest BCUT2D eigenvalue weighted by Crippen LogP contribution is 2.25. The molecule has 1 aromatic carbocycles. The molecule has 92 valence electrons. The van der Waals surface area contributed by atoms with E-state index in [0.29, 0.717) is 17.2 Å². The standard InChI is InChI=1S/C12H9IN2O3/c1-8-5-12(14-7-11(8)15(16)17)18-10-4-2-3-9(13)6-10/h2-7H,1H3. The molecule has 6 heteroatoms. The molecular weight excluding hydrogens is 347 g/mol. The maximum atomic E-state index is 10.7. The second kappa shape index (κ2) is 5.30. The van der Waals surface area contributed by atoms with Crippen LogP contribution in [0, 0.1) is 20.6 Å². The monoisotopic (exact) mass is 356 g/mol. The summed E-state index contributed by atoms with van der Waals surface area (Å²) in [7, 11) is 0. The molecule has 0 aliphatic carbocycles. The molecule has 0 radical (unpaired) electrons. The van der Waals surface area contributed by atoms with Crippen molar-refractivity contribution in [3.05, 3.63) is 55.8 Å². The van der Waals surface area contributed by atoms with E-state index in [1.807, 2.05) is 18.2 Å². The number of rotatable bonds is 3. The molecule has 0 unspecified atom stereocenters. The van der Waals surface area contributed by atoms with Gasteiger partial charge in [-0.05, 0) is 47.7 Å². The van der Waals surface area contributed by atoms with Gasteiger partial charge in [-0.1, -0.05) is 6.07 Å². The zero-order valence-corrected chi connectivity index (χ0v) is 11.6. The van der Waals surface area contributed by atoms with E-state index >= 15 is 0 Å². The summed E-state index contributed by atoms with van der Waals surface area (Å²) >= 11 is 2.18. The summed E-state index contributed by atoms with van der Waals surface area (Å²) in [5.74, 6) is 1.00. The van der Waals surface area contributed by atoms with Gasteiger partial charge in [-0.3, -0.25) is 10.1 Å². The number of benzene rings is 1. The molecule has 0 bridgehead atoms. The Kier molecular flexibility index (Phi) is 3.75. The lowest BCUT2D eigenvalue weighted by Crippen LogP contribution is -1.95. The Labute approximate surface area is 117 Å². The van der Waals surface area contributed by atoms with Crippen LogP contribution in [0.5, 0.6) is 11.6 Å². The van der Waals surface area contributed by atoms with Crippen molar-refractivity contribution in [1.82, 2.24) is 4.98 Å². The molecule has 0 spiro atoms. The van der Waals surface area contributed by atoms with Gasteiger partial charge in [-0.2, -0.15) is 0 Å². The number of hydrogen-bond acceptors (Lipinski definition) is 4. The van der Waals surface area contributed by atoms with E-state index in [-0.39, 0.29) is 5.69 Å². The fourth-order valence-corrected chi connectivity index (χ4v) is 1.94. The lowest BCUT2D eigenvalue weighted by Gasteiger charge is -2.05. The molecule has 0 N–H and O–H groups in total. The van der Waals surface area contributed by atoms with Crippen molar-refractivity contribution in [2.75, 3.05) is 0 Å². The topological polar surface area (TPSA) is 65.3 Å². The van der Waals surface area contributed by atoms with E-state index in [0.717, 1.165) is 3.57 Å². The first kappa shape index (κ1) is 12.7. The fraction of sp³-hybridized carbons (Fsp3) is 0.0833. The lowest BCUT2D eigenvalue weighted by atomic mass is 10.2. The average Bonchev–Trinajstić information content (AvgIpc) is 2.28. The Morgan fingerprint density at radius 2 is 2.17 bits per heavy atom. The predicted octanol–water partition coefficient (Wildman–Crippen LogP) is 3.70. The minimum atomic E-state index is -0.461. The molecule has 0 aliphatic rings. The summed E-state index contributed by atoms with van der Waals surface area (Å²) in [6.07, 6.45) is 1.21. The molecule has 0 saturated carbocycles. The largest absolute Gasteiger partial charge is 0.439 e. The molecule has 18 heavy (non-hydrogen) atoms. The maximum Gasteiger partial charge on any atom is 0.290 e. The molecule has 0 aliphatic heterocycles. The highest BCUT2D eigenvalue weighted by Gasteiger charge is 2.12. The van der Waals surface area contributed by atoms with Gasteiger partial charge < -0.3 is 4.74 Å². The van der Waals surface area contributed by atoms with Crippen molar-refractivity contribution < 1.29 is 9.66 Å². The number of nitro groups is 1. The van der Waals surface area contributed by atoms with Crippen LogP contribution in [0.2, 0.25) is 0 Å². The van der Waals surface area contributed by atoms with Gasteiger partial charge in [0, 0.05) is 15.2 Å². The minimum absolute atomic E-state index is 0.00927. The molecule has 0 atom stereocenters. The van der Waals surface area contributed by atoms with Crippen LogP contribution in [0.3, 0.4) is 0 Å². The summed E-state index contributed by atoms with van der Waals surface area (Å²) in [5.41, 5.74) is 0.514. The van der Waals surface area contributed by atoms with Crippen molar-refractivity contribution in [2.45, 2.75) is 6.92 Å². The summed E-state index contributed by atoms with van der Waals surface area (Å²) in [6.45, 7) is 1.65. The van der Waals surface area contributed by atoms with Gasteiger partial charge in [0.1, 0.15) is 11.9 Å². The number of aromatic nitrogens is 1. The Morgan fingerprint density at radius 1 is 1.39 bits per heavy atom. The summed E-state index contributed by atoms with van der Waals surface area (Å²) in [5, 5.41) is 10.7. The molecule has 2 rings (SSSR count). The number of aryl methyl sites for hydroxylation is 1. The maximum absolute atomic E-state index is 10.7. The Balaban J connectivity index is 2.25. The van der Waals surface area contributed by atoms with Crippen LogP contribution in [-0.2, 0) is 0 Å². The highest BCUT2D eigenvalue weighted by molar-refractivity contribution is 14.1. The van der Waals surface area contributed by atoms with E-state index in [1.54, 1.807) is 19.1 Å². The first-order valence-corrected chi connectivity index (χ1v) is 6.18. The Bertz CT molecular complexity index is 602. The van der Waals surface area contributed by atoms with E-state index in [9.17, 15) is 10.1 Å². The van der Waals surface area contributed by atoms with Gasteiger partial charge in [0.05, 0.1) is 4.92 Å². The second-order valence-corrected chi connectivity index (χ2v) is 4.87. The number of halogens is 1. The van der Waals surface area contributed by atoms with Gasteiger partial charge in [0.15, 0.2) is 0 Å². The summed E-state index contributed by atoms with van der Waals surface area (Å²) in [4.78, 5) is 14.1. The van der Waals surface area contributed by atoms with Gasteiger partial charge in [-0.25, -0.2) is 4.98 Å². The smallest absolute Gasteiger partial charge is 0.290 e. The van der Waals surface area contributed by atoms with Crippen LogP contribution in [0.15, 0.2) is 36.5 Å². The SMILES string of the molecule is Cc1cc(Oc2cccc(I)c2)ncc1[N+](=O)[O-]. The molecule has 0 fully saturated rings. The second-order valence-electron chi connectivity index (χ2n) is 3.63. The molecule has 2 aromatic rings. The van der Waals surface area contributed by atoms with Crippen LogP contribution < -0.4 is 4.74 Å². The van der Waals surface area contributed by atoms with E-state index in [4.69, 9.17) is 4.74 Å². The third-order valence-corrected chi connectivity index (χ3v) is 2.94. The molecule has 5 nitrogen and oxygen atoms in total. The van der Waals surface area contributed by atoms with Crippen molar-refractivity contribution >= 4 is 28.3 Å². The van der Waals surface area contributed by atoms with Crippen molar-refractivity contribution in [1.29, 1.82) is 0 Å². The summed E-state index contributed by atoms with van der Waals surface area (Å²) in [6, 6.07) is 9.04. The normalized spacial score (nSPS) is 10.1. The third kappa shape index (κ3) is 2.95. The van der Waals surface area contributed by atoms with Crippen LogP contribution in [0.1, 0.15) is 5.56 Å². The zero-order chi connectivity index (χ0) is 13.1. The third-order valence-electron chi connectivity index (χ3n) is 2.27. The van der Waals surface area contributed by atoms with Gasteiger partial charge in [0.25, 0.3) is 5.69 Å². The molecular formula is C12H9IN2O3. The van der Waals surface area contributed by atoms with Crippen LogP contribution in [0.4, 0.5) is 5.69 Å². The number of nitrogens with zero attached hydrogens (tertiary/aromatic N) is 2. The predicted molar refractivity (Wildman–Crippen MR) is 74.9 cm³/mol. The number of ether oxygens (including phenoxy) is 1. The quantitative estimate of drug-likeness (QED) is 0.478. The van der Waals surface area contributed by atoms with Crippen LogP contribution >= 0.6 is 22.6 Å². The average molecular weight is 356 g/mol. The first-order chi connectivity index (χ1) is 8.56. The fourth-order valence-electron chi connectivity index (χ4n) is 1.42. The van der Waals surface area contributed by atoms with Crippen LogP contribution in [-0.4, -0.2) is 9.91 Å². The molecule has 0 amide bonds. The number of pyridine rings is 1.